The van der Waals surface area contributed by atoms with Gasteiger partial charge in [-0.05, 0) is 37.1 Å². The molecular weight excluding hydrogens is 363 g/mol. The van der Waals surface area contributed by atoms with Crippen molar-refractivity contribution in [3.63, 3.8) is 0 Å². The average Bonchev–Trinajstić information content (AvgIpc) is 3.07. The maximum Gasteiger partial charge on any atom is 0.264 e. The minimum absolute atomic E-state index is 0.0610. The Morgan fingerprint density at radius 3 is 2.63 bits per heavy atom. The van der Waals surface area contributed by atoms with Crippen LogP contribution in [0.2, 0.25) is 0 Å². The van der Waals surface area contributed by atoms with Crippen LogP contribution in [0.4, 0.5) is 4.39 Å². The lowest BCUT2D eigenvalue weighted by atomic mass is 10.1. The molecule has 2 N–H and O–H groups in total. The lowest BCUT2D eigenvalue weighted by Gasteiger charge is -2.30. The molecule has 0 radical (unpaired) electrons. The highest BCUT2D eigenvalue weighted by Crippen LogP contribution is 2.35. The highest BCUT2D eigenvalue weighted by molar-refractivity contribution is 7.21. The van der Waals surface area contributed by atoms with E-state index in [9.17, 15) is 9.18 Å². The quantitative estimate of drug-likeness (QED) is 0.734. The number of carbonyl (C=O) groups is 1. The largest absolute Gasteiger partial charge is 0.489 e. The van der Waals surface area contributed by atoms with Gasteiger partial charge in [0, 0.05) is 34.8 Å². The summed E-state index contributed by atoms with van der Waals surface area (Å²) in [7, 11) is 0. The van der Waals surface area contributed by atoms with Crippen LogP contribution >= 0.6 is 11.3 Å². The number of nitrogens with zero attached hydrogens (tertiary/aromatic N) is 1. The molecule has 140 valence electrons. The number of ether oxygens (including phenoxy) is 1. The summed E-state index contributed by atoms with van der Waals surface area (Å²) in [4.78, 5) is 15.5. The van der Waals surface area contributed by atoms with E-state index in [1.807, 2.05) is 41.3 Å². The minimum atomic E-state index is -0.324. The Morgan fingerprint density at radius 1 is 1.15 bits per heavy atom. The zero-order valence-electron chi connectivity index (χ0n) is 14.9. The van der Waals surface area contributed by atoms with Gasteiger partial charge in [0.25, 0.3) is 5.91 Å². The number of fused-ring (bicyclic) bond motifs is 1. The Kier molecular flexibility index (Phi) is 5.09. The summed E-state index contributed by atoms with van der Waals surface area (Å²) in [6.45, 7) is 1.42. The highest BCUT2D eigenvalue weighted by atomic mass is 32.1. The number of likely N-dealkylation sites (tertiary alicyclic amines) is 1. The van der Waals surface area contributed by atoms with E-state index in [0.717, 1.165) is 17.5 Å². The van der Waals surface area contributed by atoms with Gasteiger partial charge in [-0.15, -0.1) is 11.3 Å². The number of carbonyl (C=O) groups excluding carboxylic acids is 1. The molecule has 6 heteroatoms. The maximum atomic E-state index is 14.6. The second-order valence-electron chi connectivity index (χ2n) is 6.75. The molecule has 1 aliphatic heterocycles. The number of benzene rings is 2. The number of rotatable bonds is 4. The van der Waals surface area contributed by atoms with E-state index < -0.39 is 0 Å². The van der Waals surface area contributed by atoms with Crippen molar-refractivity contribution in [1.82, 2.24) is 4.90 Å². The van der Waals surface area contributed by atoms with Crippen molar-refractivity contribution in [2.45, 2.75) is 25.5 Å². The van der Waals surface area contributed by atoms with Crippen LogP contribution in [0.25, 0.3) is 10.1 Å². The Hall–Kier alpha value is -2.44. The summed E-state index contributed by atoms with van der Waals surface area (Å²) in [5.74, 6) is 0.305. The van der Waals surface area contributed by atoms with Crippen LogP contribution in [0.5, 0.6) is 5.75 Å². The van der Waals surface area contributed by atoms with Gasteiger partial charge in [-0.3, -0.25) is 4.79 Å². The van der Waals surface area contributed by atoms with Gasteiger partial charge in [0.15, 0.2) is 0 Å². The van der Waals surface area contributed by atoms with Crippen LogP contribution in [-0.4, -0.2) is 29.9 Å². The fourth-order valence-corrected chi connectivity index (χ4v) is 4.59. The molecule has 0 aliphatic carbocycles. The lowest BCUT2D eigenvalue weighted by Crippen LogP contribution is -2.42. The minimum Gasteiger partial charge on any atom is -0.489 e. The lowest BCUT2D eigenvalue weighted by molar-refractivity contribution is 0.0717. The number of amides is 1. The predicted octanol–water partition coefficient (Wildman–Crippen LogP) is 4.18. The van der Waals surface area contributed by atoms with Crippen LogP contribution in [0.3, 0.4) is 0 Å². The third-order valence-corrected chi connectivity index (χ3v) is 6.10. The summed E-state index contributed by atoms with van der Waals surface area (Å²) in [6, 6.07) is 14.4. The van der Waals surface area contributed by atoms with Gasteiger partial charge < -0.3 is 15.4 Å². The third-order valence-electron chi connectivity index (χ3n) is 4.91. The molecule has 0 atom stereocenters. The van der Waals surface area contributed by atoms with E-state index in [1.165, 1.54) is 17.4 Å². The maximum absolute atomic E-state index is 14.6. The summed E-state index contributed by atoms with van der Waals surface area (Å²) >= 11 is 1.33. The van der Waals surface area contributed by atoms with E-state index >= 15 is 0 Å². The smallest absolute Gasteiger partial charge is 0.264 e. The summed E-state index contributed by atoms with van der Waals surface area (Å²) in [6.07, 6.45) is 1.59. The molecule has 0 bridgehead atoms. The first-order valence-corrected chi connectivity index (χ1v) is 9.87. The van der Waals surface area contributed by atoms with Crippen molar-refractivity contribution in [2.75, 3.05) is 13.1 Å². The molecule has 1 amide bonds. The molecule has 2 aromatic carbocycles. The van der Waals surface area contributed by atoms with Crippen LogP contribution in [0, 0.1) is 5.82 Å². The monoisotopic (exact) mass is 384 g/mol. The SMILES string of the molecule is NC1CCN(C(=O)c2sc3cccc(F)c3c2COc2ccccc2)CC1. The van der Waals surface area contributed by atoms with E-state index in [2.05, 4.69) is 0 Å². The Balaban J connectivity index is 1.68. The van der Waals surface area contributed by atoms with Crippen LogP contribution in [0.15, 0.2) is 48.5 Å². The average molecular weight is 384 g/mol. The normalized spacial score (nSPS) is 15.3. The van der Waals surface area contributed by atoms with Crippen LogP contribution < -0.4 is 10.5 Å². The van der Waals surface area contributed by atoms with Gasteiger partial charge >= 0.3 is 0 Å². The first kappa shape index (κ1) is 17.9. The molecular formula is C21H21FN2O2S. The summed E-state index contributed by atoms with van der Waals surface area (Å²) in [5.41, 5.74) is 6.58. The number of hydrogen-bond acceptors (Lipinski definition) is 4. The Bertz CT molecular complexity index is 949. The zero-order chi connectivity index (χ0) is 18.8. The van der Waals surface area contributed by atoms with Crippen LogP contribution in [-0.2, 0) is 6.61 Å². The molecule has 3 aromatic rings. The Labute approximate surface area is 161 Å². The van der Waals surface area contributed by atoms with Crippen molar-refractivity contribution < 1.29 is 13.9 Å². The van der Waals surface area contributed by atoms with E-state index in [-0.39, 0.29) is 24.4 Å². The molecule has 1 fully saturated rings. The molecule has 4 nitrogen and oxygen atoms in total. The predicted molar refractivity (Wildman–Crippen MR) is 106 cm³/mol. The fourth-order valence-electron chi connectivity index (χ4n) is 3.40. The first-order valence-electron chi connectivity index (χ1n) is 9.06. The number of nitrogens with two attached hydrogens (primary N) is 1. The highest BCUT2D eigenvalue weighted by Gasteiger charge is 2.27. The molecule has 0 saturated carbocycles. The molecule has 27 heavy (non-hydrogen) atoms. The van der Waals surface area contributed by atoms with Crippen molar-refractivity contribution >= 4 is 27.3 Å². The van der Waals surface area contributed by atoms with Crippen molar-refractivity contribution in [3.05, 3.63) is 64.8 Å². The second kappa shape index (κ2) is 7.66. The Morgan fingerprint density at radius 2 is 1.89 bits per heavy atom. The van der Waals surface area contributed by atoms with Gasteiger partial charge in [-0.2, -0.15) is 0 Å². The van der Waals surface area contributed by atoms with E-state index in [0.29, 0.717) is 34.7 Å². The van der Waals surface area contributed by atoms with Gasteiger partial charge in [0.2, 0.25) is 0 Å². The van der Waals surface area contributed by atoms with Crippen molar-refractivity contribution in [3.8, 4) is 5.75 Å². The van der Waals surface area contributed by atoms with Gasteiger partial charge in [-0.1, -0.05) is 24.3 Å². The molecule has 0 unspecified atom stereocenters. The van der Waals surface area contributed by atoms with E-state index in [4.69, 9.17) is 10.5 Å². The third kappa shape index (κ3) is 3.68. The second-order valence-corrected chi connectivity index (χ2v) is 7.81. The van der Waals surface area contributed by atoms with Crippen molar-refractivity contribution in [1.29, 1.82) is 0 Å². The molecule has 1 saturated heterocycles. The molecule has 1 aliphatic rings. The van der Waals surface area contributed by atoms with Crippen molar-refractivity contribution in [2.24, 2.45) is 5.73 Å². The van der Waals surface area contributed by atoms with Crippen LogP contribution in [0.1, 0.15) is 28.1 Å². The number of hydrogen-bond donors (Lipinski definition) is 1. The first-order chi connectivity index (χ1) is 13.1. The number of thiophene rings is 1. The molecule has 0 spiro atoms. The number of piperidine rings is 1. The zero-order valence-corrected chi connectivity index (χ0v) is 15.7. The van der Waals surface area contributed by atoms with Gasteiger partial charge in [0.1, 0.15) is 18.2 Å². The number of para-hydroxylation sites is 1. The standard InChI is InChI=1S/C21H21FN2O2S/c22-17-7-4-8-18-19(17)16(13-26-15-5-2-1-3-6-15)20(27-18)21(25)24-11-9-14(23)10-12-24/h1-8,14H,9-13,23H2. The number of halogens is 1. The van der Waals surface area contributed by atoms with Gasteiger partial charge in [0.05, 0.1) is 4.88 Å². The fraction of sp³-hybridized carbons (Fsp3) is 0.286. The van der Waals surface area contributed by atoms with Gasteiger partial charge in [-0.25, -0.2) is 4.39 Å². The van der Waals surface area contributed by atoms with E-state index in [1.54, 1.807) is 6.07 Å². The summed E-state index contributed by atoms with van der Waals surface area (Å²) in [5, 5.41) is 0.482. The topological polar surface area (TPSA) is 55.6 Å². The molecule has 4 rings (SSSR count). The summed E-state index contributed by atoms with van der Waals surface area (Å²) < 4.78 is 21.2. The molecule has 2 heterocycles. The molecule has 1 aromatic heterocycles.